The van der Waals surface area contributed by atoms with E-state index in [1.54, 1.807) is 0 Å². The molecule has 0 aromatic carbocycles. The average molecular weight is 172 g/mol. The van der Waals surface area contributed by atoms with Crippen LogP contribution in [0.4, 0.5) is 0 Å². The van der Waals surface area contributed by atoms with Crippen molar-refractivity contribution in [2.75, 3.05) is 0 Å². The standard InChI is InChI=1S/C7H8O5/c8-3-12-6-2-4(9)1-5(6)7(10)11/h3,5-6H,1-2H2,(H,10,11). The highest BCUT2D eigenvalue weighted by atomic mass is 16.5. The van der Waals surface area contributed by atoms with E-state index in [0.29, 0.717) is 0 Å². The number of ether oxygens (including phenoxy) is 1. The minimum Gasteiger partial charge on any atom is -0.481 e. The maximum absolute atomic E-state index is 10.8. The van der Waals surface area contributed by atoms with Crippen LogP contribution in [0, 0.1) is 5.92 Å². The molecule has 0 radical (unpaired) electrons. The van der Waals surface area contributed by atoms with Crippen molar-refractivity contribution < 1.29 is 24.2 Å². The van der Waals surface area contributed by atoms with Crippen LogP contribution in [0.5, 0.6) is 0 Å². The van der Waals surface area contributed by atoms with Gasteiger partial charge >= 0.3 is 5.97 Å². The van der Waals surface area contributed by atoms with Gasteiger partial charge in [-0.05, 0) is 0 Å². The van der Waals surface area contributed by atoms with Crippen molar-refractivity contribution in [1.82, 2.24) is 0 Å². The molecule has 5 heteroatoms. The number of aliphatic carboxylic acids is 1. The van der Waals surface area contributed by atoms with Gasteiger partial charge in [-0.1, -0.05) is 0 Å². The number of Topliss-reactive ketones (excluding diaryl/α,β-unsaturated/α-hetero) is 1. The number of hydrogen-bond donors (Lipinski definition) is 1. The third-order valence-corrected chi connectivity index (χ3v) is 1.87. The van der Waals surface area contributed by atoms with E-state index in [0.717, 1.165) is 0 Å². The lowest BCUT2D eigenvalue weighted by Crippen LogP contribution is -2.24. The second kappa shape index (κ2) is 3.34. The maximum Gasteiger partial charge on any atom is 0.310 e. The van der Waals surface area contributed by atoms with Crippen LogP contribution < -0.4 is 0 Å². The first-order valence-corrected chi connectivity index (χ1v) is 3.48. The molecule has 1 aliphatic rings. The summed E-state index contributed by atoms with van der Waals surface area (Å²) >= 11 is 0. The molecule has 66 valence electrons. The molecule has 0 saturated heterocycles. The molecule has 1 N–H and O–H groups in total. The van der Waals surface area contributed by atoms with Crippen LogP contribution in [0.15, 0.2) is 0 Å². The summed E-state index contributed by atoms with van der Waals surface area (Å²) in [6.07, 6.45) is -0.781. The Bertz CT molecular complexity index is 222. The summed E-state index contributed by atoms with van der Waals surface area (Å²) in [5.41, 5.74) is 0. The molecule has 0 aliphatic heterocycles. The molecule has 0 amide bonds. The van der Waals surface area contributed by atoms with Crippen molar-refractivity contribution in [2.45, 2.75) is 18.9 Å². The normalized spacial score (nSPS) is 28.5. The van der Waals surface area contributed by atoms with Gasteiger partial charge in [-0.25, -0.2) is 0 Å². The highest BCUT2D eigenvalue weighted by Gasteiger charge is 2.39. The van der Waals surface area contributed by atoms with Crippen LogP contribution in [-0.2, 0) is 19.1 Å². The molecular weight excluding hydrogens is 164 g/mol. The SMILES string of the molecule is O=COC1CC(=O)CC1C(=O)O. The van der Waals surface area contributed by atoms with Gasteiger partial charge < -0.3 is 9.84 Å². The summed E-state index contributed by atoms with van der Waals surface area (Å²) in [6, 6.07) is 0. The largest absolute Gasteiger partial charge is 0.481 e. The van der Waals surface area contributed by atoms with E-state index in [-0.39, 0.29) is 25.1 Å². The van der Waals surface area contributed by atoms with Crippen molar-refractivity contribution in [3.8, 4) is 0 Å². The molecule has 12 heavy (non-hydrogen) atoms. The number of rotatable bonds is 3. The zero-order chi connectivity index (χ0) is 9.14. The van der Waals surface area contributed by atoms with Crippen LogP contribution in [0.3, 0.4) is 0 Å². The number of carbonyl (C=O) groups is 3. The number of ketones is 1. The highest BCUT2D eigenvalue weighted by molar-refractivity contribution is 5.88. The Hall–Kier alpha value is -1.39. The second-order valence-electron chi connectivity index (χ2n) is 2.66. The molecule has 0 bridgehead atoms. The Labute approximate surface area is 68.3 Å². The first-order valence-electron chi connectivity index (χ1n) is 3.48. The topological polar surface area (TPSA) is 80.7 Å². The summed E-state index contributed by atoms with van der Waals surface area (Å²) in [7, 11) is 0. The summed E-state index contributed by atoms with van der Waals surface area (Å²) in [4.78, 5) is 31.2. The van der Waals surface area contributed by atoms with Crippen molar-refractivity contribution in [3.63, 3.8) is 0 Å². The van der Waals surface area contributed by atoms with E-state index in [1.165, 1.54) is 0 Å². The molecule has 0 spiro atoms. The second-order valence-corrected chi connectivity index (χ2v) is 2.66. The maximum atomic E-state index is 10.8. The zero-order valence-corrected chi connectivity index (χ0v) is 6.23. The van der Waals surface area contributed by atoms with Crippen LogP contribution in [0.25, 0.3) is 0 Å². The first kappa shape index (κ1) is 8.70. The molecule has 2 unspecified atom stereocenters. The fourth-order valence-corrected chi connectivity index (χ4v) is 1.29. The molecule has 0 aromatic rings. The van der Waals surface area contributed by atoms with Crippen LogP contribution in [-0.4, -0.2) is 29.4 Å². The van der Waals surface area contributed by atoms with Gasteiger partial charge in [0.1, 0.15) is 17.8 Å². The predicted molar refractivity (Wildman–Crippen MR) is 36.3 cm³/mol. The molecule has 0 aromatic heterocycles. The number of carbonyl (C=O) groups excluding carboxylic acids is 2. The summed E-state index contributed by atoms with van der Waals surface area (Å²) in [5.74, 6) is -2.12. The minimum atomic E-state index is -1.09. The smallest absolute Gasteiger partial charge is 0.310 e. The van der Waals surface area contributed by atoms with Gasteiger partial charge in [0.2, 0.25) is 0 Å². The monoisotopic (exact) mass is 172 g/mol. The molecule has 1 aliphatic carbocycles. The lowest BCUT2D eigenvalue weighted by molar-refractivity contribution is -0.149. The predicted octanol–water partition coefficient (Wildman–Crippen LogP) is -0.408. The van der Waals surface area contributed by atoms with Crippen LogP contribution >= 0.6 is 0 Å². The lowest BCUT2D eigenvalue weighted by Gasteiger charge is -2.11. The summed E-state index contributed by atoms with van der Waals surface area (Å²) in [6.45, 7) is 0.180. The number of carboxylic acids is 1. The molecular formula is C7H8O5. The molecule has 0 heterocycles. The van der Waals surface area contributed by atoms with E-state index < -0.39 is 18.0 Å². The first-order chi connectivity index (χ1) is 5.65. The van der Waals surface area contributed by atoms with Gasteiger partial charge in [0, 0.05) is 12.8 Å². The zero-order valence-electron chi connectivity index (χ0n) is 6.23. The van der Waals surface area contributed by atoms with Gasteiger partial charge in [0.25, 0.3) is 6.47 Å². The summed E-state index contributed by atoms with van der Waals surface area (Å²) < 4.78 is 4.46. The lowest BCUT2D eigenvalue weighted by atomic mass is 10.1. The Morgan fingerprint density at radius 1 is 1.58 bits per heavy atom. The average Bonchev–Trinajstić information content (AvgIpc) is 2.32. The summed E-state index contributed by atoms with van der Waals surface area (Å²) in [5, 5.41) is 8.58. The molecule has 2 atom stereocenters. The van der Waals surface area contributed by atoms with Gasteiger partial charge in [0.15, 0.2) is 0 Å². The van der Waals surface area contributed by atoms with Crippen LogP contribution in [0.1, 0.15) is 12.8 Å². The highest BCUT2D eigenvalue weighted by Crippen LogP contribution is 2.25. The Morgan fingerprint density at radius 2 is 2.25 bits per heavy atom. The fourth-order valence-electron chi connectivity index (χ4n) is 1.29. The van der Waals surface area contributed by atoms with E-state index >= 15 is 0 Å². The van der Waals surface area contributed by atoms with Gasteiger partial charge in [-0.15, -0.1) is 0 Å². The Kier molecular flexibility index (Phi) is 2.42. The number of hydrogen-bond acceptors (Lipinski definition) is 4. The quantitative estimate of drug-likeness (QED) is 0.585. The Morgan fingerprint density at radius 3 is 2.75 bits per heavy atom. The fraction of sp³-hybridized carbons (Fsp3) is 0.571. The van der Waals surface area contributed by atoms with Crippen molar-refractivity contribution in [3.05, 3.63) is 0 Å². The van der Waals surface area contributed by atoms with Gasteiger partial charge in [0.05, 0.1) is 0 Å². The molecule has 1 rings (SSSR count). The Balaban J connectivity index is 2.64. The van der Waals surface area contributed by atoms with E-state index in [2.05, 4.69) is 4.74 Å². The van der Waals surface area contributed by atoms with E-state index in [4.69, 9.17) is 5.11 Å². The van der Waals surface area contributed by atoms with Crippen molar-refractivity contribution in [2.24, 2.45) is 5.92 Å². The van der Waals surface area contributed by atoms with Crippen molar-refractivity contribution in [1.29, 1.82) is 0 Å². The van der Waals surface area contributed by atoms with Gasteiger partial charge in [-0.2, -0.15) is 0 Å². The third kappa shape index (κ3) is 1.61. The van der Waals surface area contributed by atoms with Gasteiger partial charge in [-0.3, -0.25) is 14.4 Å². The molecule has 1 fully saturated rings. The molecule has 5 nitrogen and oxygen atoms in total. The van der Waals surface area contributed by atoms with E-state index in [9.17, 15) is 14.4 Å². The van der Waals surface area contributed by atoms with Crippen molar-refractivity contribution >= 4 is 18.2 Å². The van der Waals surface area contributed by atoms with Crippen LogP contribution in [0.2, 0.25) is 0 Å². The third-order valence-electron chi connectivity index (χ3n) is 1.87. The van der Waals surface area contributed by atoms with E-state index in [1.807, 2.05) is 0 Å². The number of carboxylic acid groups (broad SMARTS) is 1. The molecule has 1 saturated carbocycles. The minimum absolute atomic E-state index is 0.0235.